The number of sulfonamides is 1. The van der Waals surface area contributed by atoms with Crippen LogP contribution < -0.4 is 9.62 Å². The van der Waals surface area contributed by atoms with Crippen LogP contribution in [0.1, 0.15) is 19.4 Å². The Balaban J connectivity index is 2.29. The van der Waals surface area contributed by atoms with Gasteiger partial charge in [-0.3, -0.25) is 9.10 Å². The smallest absolute Gasteiger partial charge is 0.247 e. The lowest BCUT2D eigenvalue weighted by Gasteiger charge is -2.28. The Bertz CT molecular complexity index is 901. The molecule has 2 rings (SSSR count). The Kier molecular flexibility index (Phi) is 6.26. The Labute approximate surface area is 157 Å². The molecule has 140 valence electrons. The second-order valence-corrected chi connectivity index (χ2v) is 8.14. The number of anilines is 2. The summed E-state index contributed by atoms with van der Waals surface area (Å²) in [4.78, 5) is 12.5. The van der Waals surface area contributed by atoms with Gasteiger partial charge in [0, 0.05) is 5.69 Å². The molecular formula is C18H20ClFN2O3S. The average molecular weight is 399 g/mol. The van der Waals surface area contributed by atoms with Crippen molar-refractivity contribution >= 4 is 38.9 Å². The van der Waals surface area contributed by atoms with Gasteiger partial charge in [-0.05, 0) is 49.2 Å². The maximum atomic E-state index is 13.2. The van der Waals surface area contributed by atoms with Crippen LogP contribution in [0.15, 0.2) is 42.5 Å². The highest BCUT2D eigenvalue weighted by Crippen LogP contribution is 2.23. The van der Waals surface area contributed by atoms with Crippen molar-refractivity contribution in [2.45, 2.75) is 26.3 Å². The van der Waals surface area contributed by atoms with Crippen LogP contribution in [-0.2, 0) is 21.2 Å². The first-order chi connectivity index (χ1) is 12.1. The van der Waals surface area contributed by atoms with E-state index in [1.807, 2.05) is 19.1 Å². The molecule has 0 radical (unpaired) electrons. The van der Waals surface area contributed by atoms with E-state index in [9.17, 15) is 17.6 Å². The largest absolute Gasteiger partial charge is 0.324 e. The summed E-state index contributed by atoms with van der Waals surface area (Å²) in [6.45, 7) is 3.47. The number of hydrogen-bond donors (Lipinski definition) is 1. The van der Waals surface area contributed by atoms with Gasteiger partial charge in [0.2, 0.25) is 15.9 Å². The predicted molar refractivity (Wildman–Crippen MR) is 103 cm³/mol. The third-order valence-corrected chi connectivity index (χ3v) is 5.41. The molecule has 1 atom stereocenters. The molecule has 26 heavy (non-hydrogen) atoms. The topological polar surface area (TPSA) is 66.5 Å². The van der Waals surface area contributed by atoms with Gasteiger partial charge in [0.05, 0.1) is 17.0 Å². The van der Waals surface area contributed by atoms with Crippen LogP contribution >= 0.6 is 11.6 Å². The summed E-state index contributed by atoms with van der Waals surface area (Å²) in [5, 5.41) is 2.42. The zero-order valence-electron chi connectivity index (χ0n) is 14.7. The van der Waals surface area contributed by atoms with E-state index in [0.29, 0.717) is 5.69 Å². The van der Waals surface area contributed by atoms with E-state index in [1.165, 1.54) is 19.1 Å². The molecule has 1 N–H and O–H groups in total. The maximum absolute atomic E-state index is 13.2. The number of amides is 1. The van der Waals surface area contributed by atoms with Crippen molar-refractivity contribution < 1.29 is 17.6 Å². The van der Waals surface area contributed by atoms with Gasteiger partial charge < -0.3 is 5.32 Å². The number of halogens is 2. The minimum absolute atomic E-state index is 0.134. The Morgan fingerprint density at radius 2 is 1.85 bits per heavy atom. The number of carbonyl (C=O) groups excluding carboxylic acids is 1. The minimum atomic E-state index is -3.70. The van der Waals surface area contributed by atoms with Gasteiger partial charge >= 0.3 is 0 Å². The molecule has 0 heterocycles. The quantitative estimate of drug-likeness (QED) is 0.804. The molecule has 0 aliphatic rings. The molecule has 0 aromatic heterocycles. The van der Waals surface area contributed by atoms with Crippen molar-refractivity contribution in [2.75, 3.05) is 15.9 Å². The predicted octanol–water partition coefficient (Wildman–Crippen LogP) is 3.83. The van der Waals surface area contributed by atoms with Gasteiger partial charge in [0.25, 0.3) is 0 Å². The zero-order chi connectivity index (χ0) is 19.5. The van der Waals surface area contributed by atoms with E-state index in [4.69, 9.17) is 11.6 Å². The Morgan fingerprint density at radius 3 is 2.35 bits per heavy atom. The van der Waals surface area contributed by atoms with Crippen molar-refractivity contribution in [3.05, 3.63) is 58.9 Å². The zero-order valence-corrected chi connectivity index (χ0v) is 16.2. The van der Waals surface area contributed by atoms with Crippen LogP contribution in [0.2, 0.25) is 5.02 Å². The van der Waals surface area contributed by atoms with Crippen LogP contribution in [0.4, 0.5) is 15.8 Å². The van der Waals surface area contributed by atoms with Crippen LogP contribution in [0.3, 0.4) is 0 Å². The fraction of sp³-hybridized carbons (Fsp3) is 0.278. The van der Waals surface area contributed by atoms with Gasteiger partial charge in [-0.2, -0.15) is 0 Å². The number of rotatable bonds is 6. The lowest BCUT2D eigenvalue weighted by Crippen LogP contribution is -2.45. The highest BCUT2D eigenvalue weighted by molar-refractivity contribution is 7.92. The molecule has 0 saturated carbocycles. The molecule has 0 aliphatic heterocycles. The Hall–Kier alpha value is -2.12. The molecule has 0 spiro atoms. The Morgan fingerprint density at radius 1 is 1.23 bits per heavy atom. The van der Waals surface area contributed by atoms with E-state index in [0.717, 1.165) is 28.6 Å². The van der Waals surface area contributed by atoms with Crippen molar-refractivity contribution in [3.8, 4) is 0 Å². The van der Waals surface area contributed by atoms with Crippen LogP contribution in [0.5, 0.6) is 0 Å². The van der Waals surface area contributed by atoms with Crippen molar-refractivity contribution in [1.29, 1.82) is 0 Å². The van der Waals surface area contributed by atoms with Crippen LogP contribution in [0.25, 0.3) is 0 Å². The van der Waals surface area contributed by atoms with Crippen molar-refractivity contribution in [3.63, 3.8) is 0 Å². The minimum Gasteiger partial charge on any atom is -0.324 e. The molecule has 2 aromatic carbocycles. The summed E-state index contributed by atoms with van der Waals surface area (Å²) in [7, 11) is -3.70. The molecule has 1 unspecified atom stereocenters. The fourth-order valence-electron chi connectivity index (χ4n) is 2.51. The molecule has 1 amide bonds. The first kappa shape index (κ1) is 20.2. The molecule has 5 nitrogen and oxygen atoms in total. The molecule has 0 saturated heterocycles. The summed E-state index contributed by atoms with van der Waals surface area (Å²) >= 11 is 5.70. The summed E-state index contributed by atoms with van der Waals surface area (Å²) in [5.41, 5.74) is 1.73. The lowest BCUT2D eigenvalue weighted by molar-refractivity contribution is -0.116. The molecular weight excluding hydrogens is 379 g/mol. The highest BCUT2D eigenvalue weighted by Gasteiger charge is 2.29. The number of nitrogens with one attached hydrogen (secondary N) is 1. The second kappa shape index (κ2) is 8.05. The molecule has 0 fully saturated rings. The molecule has 2 aromatic rings. The van der Waals surface area contributed by atoms with Gasteiger partial charge in [0.15, 0.2) is 0 Å². The summed E-state index contributed by atoms with van der Waals surface area (Å²) in [5.74, 6) is -1.16. The first-order valence-electron chi connectivity index (χ1n) is 7.97. The number of aryl methyl sites for hydroxylation is 1. The van der Waals surface area contributed by atoms with Gasteiger partial charge in [-0.25, -0.2) is 12.8 Å². The number of benzene rings is 2. The number of nitrogens with zero attached hydrogens (tertiary/aromatic N) is 1. The SMILES string of the molecule is CCc1ccc(N(C(C)C(=O)Nc2ccc(F)c(Cl)c2)S(C)(=O)=O)cc1. The van der Waals surface area contributed by atoms with Crippen molar-refractivity contribution in [2.24, 2.45) is 0 Å². The second-order valence-electron chi connectivity index (χ2n) is 5.87. The number of hydrogen-bond acceptors (Lipinski definition) is 3. The average Bonchev–Trinajstić information content (AvgIpc) is 2.57. The highest BCUT2D eigenvalue weighted by atomic mass is 35.5. The maximum Gasteiger partial charge on any atom is 0.247 e. The van der Waals surface area contributed by atoms with Crippen LogP contribution in [-0.4, -0.2) is 26.6 Å². The summed E-state index contributed by atoms with van der Waals surface area (Å²) < 4.78 is 38.8. The summed E-state index contributed by atoms with van der Waals surface area (Å²) in [6.07, 6.45) is 1.86. The van der Waals surface area contributed by atoms with Gasteiger partial charge in [-0.1, -0.05) is 30.7 Å². The van der Waals surface area contributed by atoms with Crippen LogP contribution in [0, 0.1) is 5.82 Å². The van der Waals surface area contributed by atoms with Gasteiger partial charge in [-0.15, -0.1) is 0 Å². The lowest BCUT2D eigenvalue weighted by atomic mass is 10.1. The first-order valence-corrected chi connectivity index (χ1v) is 10.2. The fourth-order valence-corrected chi connectivity index (χ4v) is 3.86. The van der Waals surface area contributed by atoms with E-state index < -0.39 is 27.8 Å². The standard InChI is InChI=1S/C18H20ClFN2O3S/c1-4-13-5-8-15(9-6-13)22(26(3,24)25)12(2)18(23)21-14-7-10-17(20)16(19)11-14/h5-12H,4H2,1-3H3,(H,21,23). The molecule has 0 aliphatic carbocycles. The van der Waals surface area contributed by atoms with E-state index in [2.05, 4.69) is 5.32 Å². The van der Waals surface area contributed by atoms with E-state index in [1.54, 1.807) is 12.1 Å². The van der Waals surface area contributed by atoms with Crippen molar-refractivity contribution in [1.82, 2.24) is 0 Å². The van der Waals surface area contributed by atoms with Gasteiger partial charge in [0.1, 0.15) is 11.9 Å². The third-order valence-electron chi connectivity index (χ3n) is 3.87. The molecule has 0 bridgehead atoms. The third kappa shape index (κ3) is 4.74. The monoisotopic (exact) mass is 398 g/mol. The molecule has 8 heteroatoms. The normalized spacial score (nSPS) is 12.5. The summed E-state index contributed by atoms with van der Waals surface area (Å²) in [6, 6.07) is 9.70. The van der Waals surface area contributed by atoms with E-state index in [-0.39, 0.29) is 10.7 Å². The van der Waals surface area contributed by atoms with E-state index >= 15 is 0 Å². The number of carbonyl (C=O) groups is 1.